The Hall–Kier alpha value is -3.23. The van der Waals surface area contributed by atoms with E-state index in [4.69, 9.17) is 31.2 Å². The summed E-state index contributed by atoms with van der Waals surface area (Å²) in [7, 11) is 1.66. The van der Waals surface area contributed by atoms with Gasteiger partial charge in [0.1, 0.15) is 5.75 Å². The molecule has 0 aliphatic carbocycles. The fraction of sp³-hybridized carbons (Fsp3) is 0.370. The highest BCUT2D eigenvalue weighted by atomic mass is 32.1. The summed E-state index contributed by atoms with van der Waals surface area (Å²) in [5.41, 5.74) is 4.95. The van der Waals surface area contributed by atoms with E-state index in [0.29, 0.717) is 23.4 Å². The largest absolute Gasteiger partial charge is 0.497 e. The van der Waals surface area contributed by atoms with Gasteiger partial charge < -0.3 is 24.2 Å². The number of rotatable bonds is 9. The van der Waals surface area contributed by atoms with Gasteiger partial charge in [0.25, 0.3) is 5.89 Å². The number of hydrogen-bond donors (Lipinski definition) is 1. The lowest BCUT2D eigenvalue weighted by Gasteiger charge is -2.37. The van der Waals surface area contributed by atoms with E-state index in [0.717, 1.165) is 41.1 Å². The summed E-state index contributed by atoms with van der Waals surface area (Å²) >= 11 is 5.78. The molecule has 1 atom stereocenters. The molecule has 1 aromatic heterocycles. The van der Waals surface area contributed by atoms with Crippen molar-refractivity contribution in [2.75, 3.05) is 20.3 Å². The molecule has 184 valence electrons. The maximum atomic E-state index is 5.82. The quantitative estimate of drug-likeness (QED) is 0.309. The third-order valence-electron chi connectivity index (χ3n) is 5.97. The van der Waals surface area contributed by atoms with Crippen molar-refractivity contribution in [2.24, 2.45) is 0 Å². The van der Waals surface area contributed by atoms with Crippen molar-refractivity contribution in [3.63, 3.8) is 0 Å². The third kappa shape index (κ3) is 5.71. The molecule has 1 unspecified atom stereocenters. The van der Waals surface area contributed by atoms with Crippen LogP contribution in [-0.2, 0) is 4.74 Å². The summed E-state index contributed by atoms with van der Waals surface area (Å²) in [6, 6.07) is 15.7. The van der Waals surface area contributed by atoms with E-state index >= 15 is 0 Å². The van der Waals surface area contributed by atoms with Crippen molar-refractivity contribution in [1.29, 1.82) is 0 Å². The molecular weight excluding hydrogens is 460 g/mol. The maximum absolute atomic E-state index is 5.82. The molecule has 1 aliphatic heterocycles. The zero-order valence-electron chi connectivity index (χ0n) is 20.9. The Kier molecular flexibility index (Phi) is 7.83. The van der Waals surface area contributed by atoms with E-state index < -0.39 is 0 Å². The van der Waals surface area contributed by atoms with E-state index in [1.165, 1.54) is 5.56 Å². The number of ether oxygens (including phenoxy) is 2. The van der Waals surface area contributed by atoms with Crippen LogP contribution in [0.25, 0.3) is 17.0 Å². The second-order valence-corrected chi connectivity index (χ2v) is 9.26. The normalized spacial score (nSPS) is 16.1. The van der Waals surface area contributed by atoms with Gasteiger partial charge in [-0.1, -0.05) is 47.1 Å². The van der Waals surface area contributed by atoms with Gasteiger partial charge in [-0.2, -0.15) is 4.98 Å². The number of nitrogens with one attached hydrogen (secondary N) is 1. The topological polar surface area (TPSA) is 72.7 Å². The lowest BCUT2D eigenvalue weighted by atomic mass is 9.94. The first-order chi connectivity index (χ1) is 16.9. The van der Waals surface area contributed by atoms with Crippen LogP contribution in [0.3, 0.4) is 0 Å². The van der Waals surface area contributed by atoms with Gasteiger partial charge in [0.2, 0.25) is 5.82 Å². The second kappa shape index (κ2) is 11.0. The summed E-state index contributed by atoms with van der Waals surface area (Å²) in [6.07, 6.45) is 1.04. The van der Waals surface area contributed by atoms with Crippen LogP contribution in [-0.4, -0.2) is 46.5 Å². The molecule has 1 N–H and O–H groups in total. The average Bonchev–Trinajstić information content (AvgIpc) is 3.33. The summed E-state index contributed by atoms with van der Waals surface area (Å²) < 4.78 is 17.0. The Morgan fingerprint density at radius 2 is 1.91 bits per heavy atom. The van der Waals surface area contributed by atoms with Crippen molar-refractivity contribution in [1.82, 2.24) is 20.4 Å². The molecule has 0 amide bonds. The van der Waals surface area contributed by atoms with Gasteiger partial charge in [0.05, 0.1) is 24.8 Å². The minimum Gasteiger partial charge on any atom is -0.497 e. The molecule has 0 saturated carbocycles. The third-order valence-corrected chi connectivity index (χ3v) is 6.31. The lowest BCUT2D eigenvalue weighted by Crippen LogP contribution is -2.46. The van der Waals surface area contributed by atoms with Crippen molar-refractivity contribution < 1.29 is 14.0 Å². The molecule has 0 saturated heterocycles. The molecule has 2 aromatic carbocycles. The maximum Gasteiger partial charge on any atom is 0.258 e. The van der Waals surface area contributed by atoms with Crippen molar-refractivity contribution in [3.8, 4) is 17.1 Å². The van der Waals surface area contributed by atoms with Crippen LogP contribution in [0.4, 0.5) is 0 Å². The Bertz CT molecular complexity index is 1200. The highest BCUT2D eigenvalue weighted by Crippen LogP contribution is 2.38. The number of nitrogens with zero attached hydrogens (tertiary/aromatic N) is 3. The molecular formula is C27H32N4O3S. The smallest absolute Gasteiger partial charge is 0.258 e. The van der Waals surface area contributed by atoms with E-state index in [2.05, 4.69) is 29.2 Å². The number of benzene rings is 2. The first kappa shape index (κ1) is 24.9. The Morgan fingerprint density at radius 3 is 2.63 bits per heavy atom. The molecule has 2 heterocycles. The number of aromatic nitrogens is 2. The highest BCUT2D eigenvalue weighted by molar-refractivity contribution is 7.80. The summed E-state index contributed by atoms with van der Waals surface area (Å²) in [5, 5.41) is 8.43. The fourth-order valence-electron chi connectivity index (χ4n) is 4.09. The van der Waals surface area contributed by atoms with E-state index in [9.17, 15) is 0 Å². The van der Waals surface area contributed by atoms with Gasteiger partial charge in [-0.15, -0.1) is 0 Å². The molecule has 7 nitrogen and oxygen atoms in total. The predicted octanol–water partition coefficient (Wildman–Crippen LogP) is 5.53. The Morgan fingerprint density at radius 1 is 1.14 bits per heavy atom. The second-order valence-electron chi connectivity index (χ2n) is 8.87. The molecule has 3 aromatic rings. The van der Waals surface area contributed by atoms with Crippen LogP contribution in [0, 0.1) is 6.92 Å². The van der Waals surface area contributed by atoms with Crippen LogP contribution in [0.5, 0.6) is 5.75 Å². The van der Waals surface area contributed by atoms with Crippen LogP contribution in [0.2, 0.25) is 0 Å². The molecule has 0 bridgehead atoms. The number of thiocarbonyl (C=S) groups is 1. The standard InChI is InChI=1S/C27H32N4O3S/c1-17(2)33-15-7-14-31-19(4)23(24(28-27(31)35)21-8-6-9-22(16-21)32-5)26-29-25(30-34-26)20-12-10-18(3)11-13-20/h6,8-13,16-17,24H,7,14-15H2,1-5H3,(H,28,35). The number of allylic oxidation sites excluding steroid dienone is 1. The average molecular weight is 493 g/mol. The molecule has 0 spiro atoms. The van der Waals surface area contributed by atoms with Crippen molar-refractivity contribution in [2.45, 2.75) is 46.3 Å². The highest BCUT2D eigenvalue weighted by Gasteiger charge is 2.34. The van der Waals surface area contributed by atoms with Crippen molar-refractivity contribution >= 4 is 22.9 Å². The van der Waals surface area contributed by atoms with Gasteiger partial charge >= 0.3 is 0 Å². The van der Waals surface area contributed by atoms with Gasteiger partial charge in [-0.25, -0.2) is 0 Å². The number of methoxy groups -OCH3 is 1. The monoisotopic (exact) mass is 492 g/mol. The predicted molar refractivity (Wildman–Crippen MR) is 141 cm³/mol. The Balaban J connectivity index is 1.72. The molecule has 0 fully saturated rings. The number of aryl methyl sites for hydroxylation is 1. The minimum absolute atomic E-state index is 0.199. The number of hydrogen-bond acceptors (Lipinski definition) is 6. The van der Waals surface area contributed by atoms with Crippen LogP contribution in [0.1, 0.15) is 50.3 Å². The fourth-order valence-corrected chi connectivity index (χ4v) is 4.44. The summed E-state index contributed by atoms with van der Waals surface area (Å²) in [6.45, 7) is 9.56. The molecule has 0 radical (unpaired) electrons. The molecule has 35 heavy (non-hydrogen) atoms. The molecule has 1 aliphatic rings. The van der Waals surface area contributed by atoms with Gasteiger partial charge in [0.15, 0.2) is 5.11 Å². The van der Waals surface area contributed by atoms with Crippen molar-refractivity contribution in [3.05, 3.63) is 71.2 Å². The summed E-state index contributed by atoms with van der Waals surface area (Å²) in [4.78, 5) is 6.86. The molecule has 8 heteroatoms. The van der Waals surface area contributed by atoms with E-state index in [1.807, 2.05) is 62.4 Å². The van der Waals surface area contributed by atoms with Crippen LogP contribution >= 0.6 is 12.2 Å². The summed E-state index contributed by atoms with van der Waals surface area (Å²) in [5.74, 6) is 1.78. The first-order valence-corrected chi connectivity index (χ1v) is 12.2. The minimum atomic E-state index is -0.257. The van der Waals surface area contributed by atoms with Gasteiger partial charge in [-0.3, -0.25) is 0 Å². The zero-order valence-corrected chi connectivity index (χ0v) is 21.7. The molecule has 4 rings (SSSR count). The van der Waals surface area contributed by atoms with E-state index in [1.54, 1.807) is 7.11 Å². The van der Waals surface area contributed by atoms with Gasteiger partial charge in [0, 0.05) is 24.4 Å². The lowest BCUT2D eigenvalue weighted by molar-refractivity contribution is 0.0749. The van der Waals surface area contributed by atoms with Gasteiger partial charge in [-0.05, 0) is 64.0 Å². The Labute approximate surface area is 212 Å². The SMILES string of the molecule is COc1cccc(C2NC(=S)N(CCCOC(C)C)C(C)=C2c2nc(-c3ccc(C)cc3)no2)c1. The van der Waals surface area contributed by atoms with Crippen LogP contribution in [0.15, 0.2) is 58.8 Å². The van der Waals surface area contributed by atoms with Crippen LogP contribution < -0.4 is 10.1 Å². The zero-order chi connectivity index (χ0) is 24.9. The first-order valence-electron chi connectivity index (χ1n) is 11.8. The van der Waals surface area contributed by atoms with E-state index in [-0.39, 0.29) is 12.1 Å².